The predicted octanol–water partition coefficient (Wildman–Crippen LogP) is 5.53. The van der Waals surface area contributed by atoms with Crippen LogP contribution >= 0.6 is 0 Å². The molecule has 5 aromatic rings. The van der Waals surface area contributed by atoms with Crippen molar-refractivity contribution in [1.29, 1.82) is 5.26 Å². The molecule has 3 aliphatic heterocycles. The van der Waals surface area contributed by atoms with Crippen molar-refractivity contribution in [1.82, 2.24) is 34.5 Å². The molecule has 9 rings (SSSR count). The predicted molar refractivity (Wildman–Crippen MR) is 224 cm³/mol. The number of nitrogens with zero attached hydrogens (tertiary/aromatic N) is 9. The van der Waals surface area contributed by atoms with Crippen LogP contribution in [0, 0.1) is 23.0 Å². The Hall–Kier alpha value is -5.96. The van der Waals surface area contributed by atoms with Crippen molar-refractivity contribution in [3.63, 3.8) is 0 Å². The number of carbonyl (C=O) groups excluding carboxylic acids is 3. The molecule has 3 aromatic heterocycles. The largest absolute Gasteiger partial charge is 0.386 e. The summed E-state index contributed by atoms with van der Waals surface area (Å²) >= 11 is 0. The summed E-state index contributed by atoms with van der Waals surface area (Å²) in [7, 11) is 0. The van der Waals surface area contributed by atoms with Crippen LogP contribution in [-0.2, 0) is 10.4 Å². The van der Waals surface area contributed by atoms with Crippen LogP contribution < -0.4 is 20.4 Å². The van der Waals surface area contributed by atoms with Crippen molar-refractivity contribution in [2.24, 2.45) is 0 Å². The second kappa shape index (κ2) is 16.1. The lowest BCUT2D eigenvalue weighted by Gasteiger charge is -2.46. The normalized spacial score (nSPS) is 21.2. The van der Waals surface area contributed by atoms with Crippen LogP contribution in [0.5, 0.6) is 0 Å². The zero-order valence-electron chi connectivity index (χ0n) is 34.3. The van der Waals surface area contributed by atoms with Gasteiger partial charge in [-0.15, -0.1) is 0 Å². The highest BCUT2D eigenvalue weighted by Crippen LogP contribution is 2.37. The Balaban J connectivity index is 0.778. The second-order valence-electron chi connectivity index (χ2n) is 17.3. The third-order valence-corrected chi connectivity index (χ3v) is 13.0. The van der Waals surface area contributed by atoms with E-state index in [2.05, 4.69) is 36.3 Å². The third-order valence-electron chi connectivity index (χ3n) is 13.0. The number of nitrogens with one attached hydrogen (secondary N) is 2. The number of anilines is 3. The van der Waals surface area contributed by atoms with Gasteiger partial charge in [0.2, 0.25) is 5.91 Å². The highest BCUT2D eigenvalue weighted by atomic mass is 19.1. The van der Waals surface area contributed by atoms with Gasteiger partial charge in [-0.25, -0.2) is 18.1 Å². The van der Waals surface area contributed by atoms with Gasteiger partial charge in [-0.1, -0.05) is 0 Å². The van der Waals surface area contributed by atoms with Gasteiger partial charge in [0.1, 0.15) is 17.5 Å². The number of carbonyl (C=O) groups is 3. The lowest BCUT2D eigenvalue weighted by atomic mass is 9.89. The number of hydrogen-bond acceptors (Lipinski definition) is 10. The Kier molecular flexibility index (Phi) is 10.7. The van der Waals surface area contributed by atoms with Crippen molar-refractivity contribution in [2.75, 3.05) is 60.9 Å². The quantitative estimate of drug-likeness (QED) is 0.181. The van der Waals surface area contributed by atoms with Gasteiger partial charge >= 0.3 is 6.03 Å². The number of fused-ring (bicyclic) bond motifs is 2. The number of amides is 4. The van der Waals surface area contributed by atoms with Crippen molar-refractivity contribution in [3.05, 3.63) is 83.3 Å². The molecule has 318 valence electrons. The first-order valence-electron chi connectivity index (χ1n) is 21.1. The first kappa shape index (κ1) is 40.4. The van der Waals surface area contributed by atoms with E-state index in [9.17, 15) is 24.8 Å². The van der Waals surface area contributed by atoms with E-state index in [0.29, 0.717) is 58.9 Å². The van der Waals surface area contributed by atoms with Gasteiger partial charge in [0.15, 0.2) is 11.6 Å². The molecule has 0 spiro atoms. The lowest BCUT2D eigenvalue weighted by molar-refractivity contribution is -0.120. The van der Waals surface area contributed by atoms with Crippen molar-refractivity contribution in [3.8, 4) is 6.07 Å². The first-order chi connectivity index (χ1) is 29.3. The molecule has 6 heterocycles. The molecule has 1 saturated carbocycles. The van der Waals surface area contributed by atoms with E-state index < -0.39 is 34.9 Å². The Morgan fingerprint density at radius 3 is 2.18 bits per heavy atom. The molecule has 17 heteroatoms. The fraction of sp³-hybridized carbons (Fsp3) is 0.455. The van der Waals surface area contributed by atoms with Crippen LogP contribution in [0.2, 0.25) is 0 Å². The second-order valence-corrected chi connectivity index (χ2v) is 17.3. The van der Waals surface area contributed by atoms with Gasteiger partial charge < -0.3 is 15.3 Å². The van der Waals surface area contributed by atoms with Gasteiger partial charge in [0.25, 0.3) is 5.91 Å². The van der Waals surface area contributed by atoms with Crippen LogP contribution in [0.3, 0.4) is 0 Å². The average molecular weight is 834 g/mol. The summed E-state index contributed by atoms with van der Waals surface area (Å²) in [6, 6.07) is 13.8. The molecule has 0 bridgehead atoms. The molecule has 0 radical (unpaired) electrons. The third kappa shape index (κ3) is 8.03. The number of imide groups is 1. The number of piperazine rings is 1. The monoisotopic (exact) mass is 833 g/mol. The zero-order chi connectivity index (χ0) is 42.6. The Morgan fingerprint density at radius 2 is 1.54 bits per heavy atom. The number of rotatable bonds is 8. The molecule has 0 atom stereocenters. The Morgan fingerprint density at radius 1 is 0.885 bits per heavy atom. The van der Waals surface area contributed by atoms with Crippen LogP contribution in [0.4, 0.5) is 30.6 Å². The van der Waals surface area contributed by atoms with Gasteiger partial charge in [-0.05, 0) is 94.8 Å². The smallest absolute Gasteiger partial charge is 0.328 e. The zero-order valence-corrected chi connectivity index (χ0v) is 34.3. The number of aromatic nitrogens is 4. The topological polar surface area (TPSA) is 167 Å². The molecule has 15 nitrogen and oxygen atoms in total. The molecule has 4 aliphatic rings. The molecule has 61 heavy (non-hydrogen) atoms. The summed E-state index contributed by atoms with van der Waals surface area (Å²) in [5, 5.41) is 35.6. The van der Waals surface area contributed by atoms with Gasteiger partial charge in [-0.3, -0.25) is 34.3 Å². The molecular weight excluding hydrogens is 785 g/mol. The summed E-state index contributed by atoms with van der Waals surface area (Å²) in [5.41, 5.74) is 1.90. The molecule has 4 fully saturated rings. The molecule has 3 N–H and O–H groups in total. The molecule has 1 aliphatic carbocycles. The highest BCUT2D eigenvalue weighted by Gasteiger charge is 2.34. The lowest BCUT2D eigenvalue weighted by Crippen LogP contribution is -2.55. The minimum absolute atomic E-state index is 0.0135. The minimum Gasteiger partial charge on any atom is -0.386 e. The van der Waals surface area contributed by atoms with Crippen molar-refractivity contribution >= 4 is 51.3 Å². The molecule has 4 amide bonds. The average Bonchev–Trinajstić information content (AvgIpc) is 3.88. The summed E-state index contributed by atoms with van der Waals surface area (Å²) in [6.45, 7) is 8.62. The summed E-state index contributed by atoms with van der Waals surface area (Å²) in [5.74, 6) is -2.48. The minimum atomic E-state index is -1.25. The summed E-state index contributed by atoms with van der Waals surface area (Å²) < 4.78 is 33.9. The Bertz CT molecular complexity index is 2530. The Labute approximate surface area is 351 Å². The van der Waals surface area contributed by atoms with Crippen LogP contribution in [0.25, 0.3) is 16.4 Å². The molecule has 0 unspecified atom stereocenters. The maximum atomic E-state index is 15.2. The number of nitriles is 1. The number of hydrogen-bond donors (Lipinski definition) is 3. The van der Waals surface area contributed by atoms with Crippen molar-refractivity contribution < 1.29 is 28.3 Å². The van der Waals surface area contributed by atoms with Gasteiger partial charge in [-0.2, -0.15) is 15.5 Å². The SMILES string of the molecule is CC(C)(O)c1cc2nn(C3CCC(N4CCN(C5CCN(c6cc(F)c(N7CCC(=O)NC7=O)c(F)c6)CC5)CC4)CC3)cc2cc1NC(=O)c1ccc2cc(C#N)cnn12. The van der Waals surface area contributed by atoms with E-state index in [0.717, 1.165) is 80.5 Å². The molecule has 2 aromatic carbocycles. The first-order valence-corrected chi connectivity index (χ1v) is 21.1. The number of urea groups is 1. The highest BCUT2D eigenvalue weighted by molar-refractivity contribution is 6.06. The number of piperidine rings is 1. The van der Waals surface area contributed by atoms with E-state index in [-0.39, 0.29) is 24.9 Å². The number of aliphatic hydroxyl groups is 1. The van der Waals surface area contributed by atoms with E-state index in [1.54, 1.807) is 32.0 Å². The maximum Gasteiger partial charge on any atom is 0.328 e. The van der Waals surface area contributed by atoms with Crippen molar-refractivity contribution in [2.45, 2.75) is 82.5 Å². The fourth-order valence-corrected chi connectivity index (χ4v) is 9.72. The number of halogens is 2. The standard InChI is InChI=1S/C44H49F2N11O4/c1-44(2,61)34-23-37-28(20-38(34)49-42(59)39-8-7-32-19-27(24-47)25-48-57(32)39)26-56(51-37)31-5-3-29(4-6-31)53-15-17-54(18-16-53)30-9-12-52(13-10-30)33-21-35(45)41(36(46)22-33)55-14-11-40(58)50-43(55)60/h7-8,19-23,25-26,29-31,61H,3-6,9-18H2,1-2H3,(H,49,59)(H,50,58,60). The number of benzene rings is 2. The van der Waals surface area contributed by atoms with Crippen LogP contribution in [0.15, 0.2) is 54.9 Å². The van der Waals surface area contributed by atoms with E-state index in [4.69, 9.17) is 5.10 Å². The summed E-state index contributed by atoms with van der Waals surface area (Å²) in [6.07, 6.45) is 9.35. The van der Waals surface area contributed by atoms with E-state index >= 15 is 8.78 Å². The van der Waals surface area contributed by atoms with E-state index in [1.165, 1.54) is 22.8 Å². The van der Waals surface area contributed by atoms with Gasteiger partial charge in [0, 0.05) is 92.8 Å². The van der Waals surface area contributed by atoms with Crippen LogP contribution in [-0.4, -0.2) is 110 Å². The van der Waals surface area contributed by atoms with Gasteiger partial charge in [0.05, 0.1) is 34.4 Å². The fourth-order valence-electron chi connectivity index (χ4n) is 9.72. The van der Waals surface area contributed by atoms with Crippen LogP contribution in [0.1, 0.15) is 86.5 Å². The maximum absolute atomic E-state index is 15.2. The summed E-state index contributed by atoms with van der Waals surface area (Å²) in [4.78, 5) is 45.4. The molecule has 3 saturated heterocycles. The van der Waals surface area contributed by atoms with E-state index in [1.807, 2.05) is 23.2 Å². The molecular formula is C44H49F2N11O4.